The van der Waals surface area contributed by atoms with E-state index in [9.17, 15) is 9.90 Å². The summed E-state index contributed by atoms with van der Waals surface area (Å²) in [5.41, 5.74) is 2.14. The lowest BCUT2D eigenvalue weighted by Gasteiger charge is -2.37. The lowest BCUT2D eigenvalue weighted by molar-refractivity contribution is -0.147. The van der Waals surface area contributed by atoms with Crippen molar-refractivity contribution in [2.75, 3.05) is 6.54 Å². The molecule has 1 aromatic rings. The van der Waals surface area contributed by atoms with E-state index < -0.39 is 12.0 Å². The maximum atomic E-state index is 11.6. The summed E-state index contributed by atoms with van der Waals surface area (Å²) in [5, 5.41) is 14.1. The number of carboxylic acid groups (broad SMARTS) is 1. The number of carbonyl (C=O) groups is 1. The monoisotopic (exact) mass is 357 g/mol. The summed E-state index contributed by atoms with van der Waals surface area (Å²) in [6, 6.07) is -0.393. The van der Waals surface area contributed by atoms with Crippen LogP contribution in [0.25, 0.3) is 0 Å². The Morgan fingerprint density at radius 3 is 2.76 bits per heavy atom. The SMILES string of the molecule is CCc1nn(CC)c(CN2CCCC(C)C2C(=O)O)c1Br. The van der Waals surface area contributed by atoms with Crippen LogP contribution in [0.1, 0.15) is 45.0 Å². The van der Waals surface area contributed by atoms with Crippen LogP contribution in [-0.2, 0) is 24.3 Å². The Balaban J connectivity index is 2.27. The van der Waals surface area contributed by atoms with Gasteiger partial charge in [-0.05, 0) is 54.6 Å². The number of nitrogens with zero attached hydrogens (tertiary/aromatic N) is 3. The number of aryl methyl sites for hydroxylation is 2. The van der Waals surface area contributed by atoms with E-state index in [1.54, 1.807) is 0 Å². The molecule has 1 N–H and O–H groups in total. The summed E-state index contributed by atoms with van der Waals surface area (Å²) in [4.78, 5) is 13.7. The van der Waals surface area contributed by atoms with Crippen LogP contribution < -0.4 is 0 Å². The molecule has 2 atom stereocenters. The van der Waals surface area contributed by atoms with Crippen LogP contribution in [0.4, 0.5) is 0 Å². The summed E-state index contributed by atoms with van der Waals surface area (Å²) >= 11 is 3.64. The molecule has 1 aliphatic rings. The Kier molecular flexibility index (Phi) is 5.43. The topological polar surface area (TPSA) is 58.4 Å². The number of hydrogen-bond acceptors (Lipinski definition) is 3. The van der Waals surface area contributed by atoms with Crippen molar-refractivity contribution < 1.29 is 9.90 Å². The molecule has 0 radical (unpaired) electrons. The van der Waals surface area contributed by atoms with Gasteiger partial charge in [0.2, 0.25) is 0 Å². The normalized spacial score (nSPS) is 23.4. The summed E-state index contributed by atoms with van der Waals surface area (Å²) in [5.74, 6) is -0.518. The van der Waals surface area contributed by atoms with E-state index in [1.165, 1.54) is 0 Å². The molecule has 0 aromatic carbocycles. The van der Waals surface area contributed by atoms with E-state index in [0.29, 0.717) is 6.54 Å². The molecule has 1 aromatic heterocycles. The predicted molar refractivity (Wildman–Crippen MR) is 85.2 cm³/mol. The Labute approximate surface area is 134 Å². The van der Waals surface area contributed by atoms with Crippen molar-refractivity contribution in [2.45, 2.75) is 59.2 Å². The minimum Gasteiger partial charge on any atom is -0.480 e. The predicted octanol–water partition coefficient (Wildman–Crippen LogP) is 2.91. The third kappa shape index (κ3) is 3.31. The van der Waals surface area contributed by atoms with E-state index in [2.05, 4.69) is 39.8 Å². The van der Waals surface area contributed by atoms with Gasteiger partial charge in [0.25, 0.3) is 0 Å². The van der Waals surface area contributed by atoms with Crippen LogP contribution in [0.5, 0.6) is 0 Å². The van der Waals surface area contributed by atoms with Gasteiger partial charge in [-0.2, -0.15) is 5.10 Å². The quantitative estimate of drug-likeness (QED) is 0.879. The molecule has 2 heterocycles. The molecule has 6 heteroatoms. The van der Waals surface area contributed by atoms with Crippen molar-refractivity contribution in [3.05, 3.63) is 15.9 Å². The Hall–Kier alpha value is -0.880. The molecule has 1 aliphatic heterocycles. The number of halogens is 1. The molecule has 1 fully saturated rings. The number of carboxylic acids is 1. The highest BCUT2D eigenvalue weighted by Gasteiger charge is 2.35. The highest BCUT2D eigenvalue weighted by molar-refractivity contribution is 9.10. The van der Waals surface area contributed by atoms with Gasteiger partial charge in [-0.25, -0.2) is 0 Å². The Morgan fingerprint density at radius 2 is 2.19 bits per heavy atom. The van der Waals surface area contributed by atoms with Crippen LogP contribution >= 0.6 is 15.9 Å². The standard InChI is InChI=1S/C15H24BrN3O2/c1-4-11-13(16)12(19(5-2)17-11)9-18-8-6-7-10(3)14(18)15(20)21/h10,14H,4-9H2,1-3H3,(H,20,21). The second-order valence-corrected chi connectivity index (χ2v) is 6.54. The third-order valence-corrected chi connectivity index (χ3v) is 5.25. The van der Waals surface area contributed by atoms with Gasteiger partial charge in [0.15, 0.2) is 0 Å². The largest absolute Gasteiger partial charge is 0.480 e. The summed E-state index contributed by atoms with van der Waals surface area (Å²) in [6.45, 7) is 8.46. The molecule has 21 heavy (non-hydrogen) atoms. The molecule has 0 saturated carbocycles. The zero-order valence-electron chi connectivity index (χ0n) is 13.0. The average molecular weight is 358 g/mol. The number of piperidine rings is 1. The van der Waals surface area contributed by atoms with E-state index in [4.69, 9.17) is 0 Å². The number of aromatic nitrogens is 2. The number of rotatable bonds is 5. The number of likely N-dealkylation sites (tertiary alicyclic amines) is 1. The molecule has 0 bridgehead atoms. The van der Waals surface area contributed by atoms with Crippen molar-refractivity contribution in [2.24, 2.45) is 5.92 Å². The molecule has 0 spiro atoms. The molecule has 5 nitrogen and oxygen atoms in total. The highest BCUT2D eigenvalue weighted by Crippen LogP contribution is 2.29. The van der Waals surface area contributed by atoms with Crippen molar-refractivity contribution in [1.82, 2.24) is 14.7 Å². The van der Waals surface area contributed by atoms with Crippen molar-refractivity contribution in [1.29, 1.82) is 0 Å². The molecule has 0 aliphatic carbocycles. The molecule has 2 unspecified atom stereocenters. The van der Waals surface area contributed by atoms with Crippen LogP contribution in [-0.4, -0.2) is 38.3 Å². The third-order valence-electron chi connectivity index (χ3n) is 4.34. The molecule has 0 amide bonds. The van der Waals surface area contributed by atoms with Crippen molar-refractivity contribution >= 4 is 21.9 Å². The lowest BCUT2D eigenvalue weighted by atomic mass is 9.90. The summed E-state index contributed by atoms with van der Waals surface area (Å²) in [7, 11) is 0. The van der Waals surface area contributed by atoms with Crippen LogP contribution in [0.2, 0.25) is 0 Å². The fourth-order valence-electron chi connectivity index (χ4n) is 3.21. The second kappa shape index (κ2) is 6.92. The first-order valence-electron chi connectivity index (χ1n) is 7.70. The molecular weight excluding hydrogens is 334 g/mol. The maximum Gasteiger partial charge on any atom is 0.321 e. The van der Waals surface area contributed by atoms with Crippen LogP contribution in [0, 0.1) is 5.92 Å². The van der Waals surface area contributed by atoms with Gasteiger partial charge in [0.05, 0.1) is 15.9 Å². The van der Waals surface area contributed by atoms with Gasteiger partial charge < -0.3 is 5.11 Å². The van der Waals surface area contributed by atoms with Gasteiger partial charge in [-0.1, -0.05) is 13.8 Å². The minimum absolute atomic E-state index is 0.193. The van der Waals surface area contributed by atoms with Crippen LogP contribution in [0.3, 0.4) is 0 Å². The molecule has 1 saturated heterocycles. The second-order valence-electron chi connectivity index (χ2n) is 5.75. The maximum absolute atomic E-state index is 11.6. The first kappa shape index (κ1) is 16.5. The van der Waals surface area contributed by atoms with Gasteiger partial charge in [0.1, 0.15) is 6.04 Å². The molecule has 2 rings (SSSR count). The highest BCUT2D eigenvalue weighted by atomic mass is 79.9. The van der Waals surface area contributed by atoms with E-state index in [-0.39, 0.29) is 5.92 Å². The average Bonchev–Trinajstić information content (AvgIpc) is 2.75. The summed E-state index contributed by atoms with van der Waals surface area (Å²) < 4.78 is 3.02. The Bertz CT molecular complexity index is 515. The van der Waals surface area contributed by atoms with Crippen molar-refractivity contribution in [3.8, 4) is 0 Å². The fourth-order valence-corrected chi connectivity index (χ4v) is 3.90. The lowest BCUT2D eigenvalue weighted by Crippen LogP contribution is -2.48. The van der Waals surface area contributed by atoms with E-state index in [1.807, 2.05) is 11.6 Å². The zero-order chi connectivity index (χ0) is 15.6. The number of aliphatic carboxylic acids is 1. The van der Waals surface area contributed by atoms with E-state index >= 15 is 0 Å². The molecule has 118 valence electrons. The Morgan fingerprint density at radius 1 is 1.48 bits per heavy atom. The smallest absolute Gasteiger partial charge is 0.321 e. The van der Waals surface area contributed by atoms with Gasteiger partial charge in [-0.3, -0.25) is 14.4 Å². The zero-order valence-corrected chi connectivity index (χ0v) is 14.6. The number of hydrogen-bond donors (Lipinski definition) is 1. The van der Waals surface area contributed by atoms with Crippen LogP contribution in [0.15, 0.2) is 4.47 Å². The van der Waals surface area contributed by atoms with Crippen molar-refractivity contribution in [3.63, 3.8) is 0 Å². The van der Waals surface area contributed by atoms with Gasteiger partial charge in [-0.15, -0.1) is 0 Å². The minimum atomic E-state index is -0.711. The summed E-state index contributed by atoms with van der Waals surface area (Å²) in [6.07, 6.45) is 2.92. The molecular formula is C15H24BrN3O2. The fraction of sp³-hybridized carbons (Fsp3) is 0.733. The van der Waals surface area contributed by atoms with E-state index in [0.717, 1.165) is 48.2 Å². The van der Waals surface area contributed by atoms with Gasteiger partial charge in [0, 0.05) is 13.1 Å². The first-order chi connectivity index (χ1) is 9.99. The first-order valence-corrected chi connectivity index (χ1v) is 8.49. The van der Waals surface area contributed by atoms with Gasteiger partial charge >= 0.3 is 5.97 Å².